The van der Waals surface area contributed by atoms with Gasteiger partial charge in [0.2, 0.25) is 5.91 Å². The van der Waals surface area contributed by atoms with Crippen molar-refractivity contribution < 1.29 is 28.5 Å². The molecule has 1 aromatic heterocycles. The molecule has 1 aliphatic heterocycles. The van der Waals surface area contributed by atoms with E-state index in [0.717, 1.165) is 8.47 Å². The number of nitrogens with one attached hydrogen (secondary N) is 1. The number of nitro groups is 1. The zero-order valence-electron chi connectivity index (χ0n) is 18.0. The molecule has 1 fully saturated rings. The van der Waals surface area contributed by atoms with Crippen LogP contribution in [0.3, 0.4) is 0 Å². The third kappa shape index (κ3) is 5.54. The Hall–Kier alpha value is -3.65. The van der Waals surface area contributed by atoms with E-state index in [9.17, 15) is 24.5 Å². The van der Waals surface area contributed by atoms with Gasteiger partial charge >= 0.3 is 0 Å². The number of hydrogen-bond donors (Lipinski definition) is 1. The fourth-order valence-corrected chi connectivity index (χ4v) is 4.39. The van der Waals surface area contributed by atoms with Crippen molar-refractivity contribution in [2.75, 3.05) is 19.0 Å². The van der Waals surface area contributed by atoms with E-state index in [2.05, 4.69) is 27.9 Å². The lowest BCUT2D eigenvalue weighted by Gasteiger charge is -2.12. The highest BCUT2D eigenvalue weighted by atomic mass is 127. The minimum atomic E-state index is -0.633. The van der Waals surface area contributed by atoms with Gasteiger partial charge in [-0.3, -0.25) is 29.4 Å². The highest BCUT2D eigenvalue weighted by molar-refractivity contribution is 14.1. The van der Waals surface area contributed by atoms with E-state index >= 15 is 0 Å². The summed E-state index contributed by atoms with van der Waals surface area (Å²) in [7, 11) is 1.41. The van der Waals surface area contributed by atoms with E-state index in [0.29, 0.717) is 23.2 Å². The van der Waals surface area contributed by atoms with Crippen LogP contribution < -0.4 is 10.1 Å². The third-order valence-electron chi connectivity index (χ3n) is 4.87. The fraction of sp³-hybridized carbons (Fsp3) is 0.0870. The van der Waals surface area contributed by atoms with Gasteiger partial charge in [-0.05, 0) is 82.9 Å². The van der Waals surface area contributed by atoms with Gasteiger partial charge < -0.3 is 14.5 Å². The Bertz CT molecular complexity index is 1370. The summed E-state index contributed by atoms with van der Waals surface area (Å²) in [6.45, 7) is -0.435. The molecule has 0 unspecified atom stereocenters. The smallest absolute Gasteiger partial charge is 0.294 e. The van der Waals surface area contributed by atoms with Crippen molar-refractivity contribution in [3.8, 4) is 17.1 Å². The van der Waals surface area contributed by atoms with Gasteiger partial charge in [-0.2, -0.15) is 0 Å². The van der Waals surface area contributed by atoms with Crippen LogP contribution in [0.5, 0.6) is 5.75 Å². The van der Waals surface area contributed by atoms with Gasteiger partial charge in [-0.15, -0.1) is 0 Å². The predicted octanol–water partition coefficient (Wildman–Crippen LogP) is 5.14. The maximum atomic E-state index is 12.7. The third-order valence-corrected chi connectivity index (χ3v) is 6.50. The minimum Gasteiger partial charge on any atom is -0.497 e. The summed E-state index contributed by atoms with van der Waals surface area (Å²) in [6.07, 6.45) is 1.36. The Morgan fingerprint density at radius 3 is 2.63 bits per heavy atom. The number of furan rings is 1. The Balaban J connectivity index is 1.49. The van der Waals surface area contributed by atoms with E-state index < -0.39 is 28.5 Å². The summed E-state index contributed by atoms with van der Waals surface area (Å²) in [5.74, 6) is -0.388. The highest BCUT2D eigenvalue weighted by Crippen LogP contribution is 2.36. The standard InChI is InChI=1S/C23H16IN3O7S/c1-33-15-6-8-17(18(10-15)27(31)32)19-9-7-16(34-19)11-20-22(29)26(23(30)35-20)12-21(28)25-14-4-2-13(24)3-5-14/h2-11H,12H2,1H3,(H,25,28)/b20-11+. The Kier molecular flexibility index (Phi) is 7.21. The minimum absolute atomic E-state index is 0.0715. The number of imide groups is 1. The first-order chi connectivity index (χ1) is 16.7. The number of benzene rings is 2. The molecule has 0 spiro atoms. The van der Waals surface area contributed by atoms with Crippen LogP contribution in [0.1, 0.15) is 5.76 Å². The summed E-state index contributed by atoms with van der Waals surface area (Å²) >= 11 is 2.81. The number of thioether (sulfide) groups is 1. The Labute approximate surface area is 216 Å². The monoisotopic (exact) mass is 605 g/mol. The summed E-state index contributed by atoms with van der Waals surface area (Å²) in [4.78, 5) is 49.2. The molecule has 1 N–H and O–H groups in total. The van der Waals surface area contributed by atoms with Crippen molar-refractivity contribution in [3.63, 3.8) is 0 Å². The summed E-state index contributed by atoms with van der Waals surface area (Å²) in [5, 5.41) is 13.5. The van der Waals surface area contributed by atoms with Crippen LogP contribution in [0.2, 0.25) is 0 Å². The molecule has 0 atom stereocenters. The first-order valence-corrected chi connectivity index (χ1v) is 11.9. The van der Waals surface area contributed by atoms with E-state index in [1.807, 2.05) is 12.1 Å². The number of carbonyl (C=O) groups is 3. The predicted molar refractivity (Wildman–Crippen MR) is 138 cm³/mol. The average Bonchev–Trinajstić information content (AvgIpc) is 3.40. The van der Waals surface area contributed by atoms with E-state index in [1.54, 1.807) is 18.2 Å². The summed E-state index contributed by atoms with van der Waals surface area (Å²) in [5.41, 5.74) is 0.578. The maximum absolute atomic E-state index is 12.7. The van der Waals surface area contributed by atoms with Gasteiger partial charge in [0.15, 0.2) is 0 Å². The molecule has 0 aliphatic carbocycles. The number of amides is 3. The van der Waals surface area contributed by atoms with Gasteiger partial charge in [-0.25, -0.2) is 0 Å². The molecule has 2 aromatic carbocycles. The van der Waals surface area contributed by atoms with E-state index in [4.69, 9.17) is 9.15 Å². The molecule has 1 aliphatic rings. The molecule has 3 aromatic rings. The van der Waals surface area contributed by atoms with Crippen molar-refractivity contribution in [2.45, 2.75) is 0 Å². The average molecular weight is 605 g/mol. The van der Waals surface area contributed by atoms with Crippen molar-refractivity contribution in [1.82, 2.24) is 4.90 Å². The lowest BCUT2D eigenvalue weighted by Crippen LogP contribution is -2.36. The van der Waals surface area contributed by atoms with Crippen molar-refractivity contribution in [2.24, 2.45) is 0 Å². The number of hydrogen-bond acceptors (Lipinski definition) is 8. The zero-order chi connectivity index (χ0) is 25.1. The van der Waals surface area contributed by atoms with Crippen LogP contribution in [0.15, 0.2) is 63.9 Å². The molecule has 3 amide bonds. The number of nitro benzene ring substituents is 1. The molecule has 12 heteroatoms. The summed E-state index contributed by atoms with van der Waals surface area (Å²) in [6, 6.07) is 14.5. The zero-order valence-corrected chi connectivity index (χ0v) is 21.0. The van der Waals surface area contributed by atoms with Crippen molar-refractivity contribution >= 4 is 68.9 Å². The molecule has 4 rings (SSSR count). The number of ether oxygens (including phenoxy) is 1. The number of carbonyl (C=O) groups excluding carboxylic acids is 3. The van der Waals surface area contributed by atoms with Crippen molar-refractivity contribution in [1.29, 1.82) is 0 Å². The molecule has 178 valence electrons. The second-order valence-electron chi connectivity index (χ2n) is 7.17. The SMILES string of the molecule is COc1ccc(-c2ccc(/C=C3/SC(=O)N(CC(=O)Nc4ccc(I)cc4)C3=O)o2)c([N+](=O)[O-])c1. The quantitative estimate of drug-likeness (QED) is 0.170. The molecule has 35 heavy (non-hydrogen) atoms. The van der Waals surface area contributed by atoms with Gasteiger partial charge in [0.05, 0.1) is 28.6 Å². The van der Waals surface area contributed by atoms with Crippen LogP contribution in [0.4, 0.5) is 16.2 Å². The molecular formula is C23H16IN3O7S. The number of methoxy groups -OCH3 is 1. The lowest BCUT2D eigenvalue weighted by molar-refractivity contribution is -0.384. The molecular weight excluding hydrogens is 589 g/mol. The molecule has 2 heterocycles. The van der Waals surface area contributed by atoms with Gasteiger partial charge in [-0.1, -0.05) is 0 Å². The lowest BCUT2D eigenvalue weighted by atomic mass is 10.1. The normalized spacial score (nSPS) is 14.5. The first kappa shape index (κ1) is 24.5. The van der Waals surface area contributed by atoms with E-state index in [-0.39, 0.29) is 27.7 Å². The van der Waals surface area contributed by atoms with Crippen LogP contribution >= 0.6 is 34.4 Å². The topological polar surface area (TPSA) is 132 Å². The molecule has 0 saturated carbocycles. The maximum Gasteiger partial charge on any atom is 0.294 e. The van der Waals surface area contributed by atoms with Crippen LogP contribution in [0, 0.1) is 13.7 Å². The number of anilines is 1. The second kappa shape index (κ2) is 10.3. The van der Waals surface area contributed by atoms with Crippen LogP contribution in [-0.2, 0) is 9.59 Å². The van der Waals surface area contributed by atoms with Crippen LogP contribution in [-0.4, -0.2) is 40.5 Å². The number of rotatable bonds is 7. The Morgan fingerprint density at radius 1 is 1.20 bits per heavy atom. The summed E-state index contributed by atoms with van der Waals surface area (Å²) < 4.78 is 11.7. The molecule has 1 saturated heterocycles. The Morgan fingerprint density at radius 2 is 1.94 bits per heavy atom. The molecule has 0 bridgehead atoms. The van der Waals surface area contributed by atoms with Crippen molar-refractivity contribution in [3.05, 3.63) is 78.9 Å². The second-order valence-corrected chi connectivity index (χ2v) is 9.40. The number of nitrogens with zero attached hydrogens (tertiary/aromatic N) is 2. The number of halogens is 1. The van der Waals surface area contributed by atoms with E-state index in [1.165, 1.54) is 37.5 Å². The van der Waals surface area contributed by atoms with Crippen LogP contribution in [0.25, 0.3) is 17.4 Å². The first-order valence-electron chi connectivity index (χ1n) is 9.98. The van der Waals surface area contributed by atoms with Gasteiger partial charge in [0.1, 0.15) is 23.8 Å². The van der Waals surface area contributed by atoms with Gasteiger partial charge in [0.25, 0.3) is 16.8 Å². The largest absolute Gasteiger partial charge is 0.497 e. The van der Waals surface area contributed by atoms with Gasteiger partial charge in [0, 0.05) is 15.3 Å². The fourth-order valence-electron chi connectivity index (χ4n) is 3.22. The highest BCUT2D eigenvalue weighted by Gasteiger charge is 2.36. The molecule has 10 nitrogen and oxygen atoms in total. The molecule has 0 radical (unpaired) electrons.